The SMILES string of the molecule is C=C(OCC)c1c(NC(=C)C2CC(C)(C)C2)sc2c1CCCC2. The highest BCUT2D eigenvalue weighted by molar-refractivity contribution is 7.16. The van der Waals surface area contributed by atoms with Crippen molar-refractivity contribution in [1.82, 2.24) is 0 Å². The Morgan fingerprint density at radius 2 is 1.96 bits per heavy atom. The van der Waals surface area contributed by atoms with Crippen molar-refractivity contribution in [3.8, 4) is 0 Å². The molecule has 2 nitrogen and oxygen atoms in total. The van der Waals surface area contributed by atoms with Crippen molar-refractivity contribution in [2.45, 2.75) is 59.3 Å². The number of aryl methyl sites for hydroxylation is 1. The summed E-state index contributed by atoms with van der Waals surface area (Å²) >= 11 is 1.88. The normalized spacial score (nSPS) is 19.6. The third kappa shape index (κ3) is 3.35. The van der Waals surface area contributed by atoms with E-state index in [0.29, 0.717) is 17.9 Å². The summed E-state index contributed by atoms with van der Waals surface area (Å²) in [6.07, 6.45) is 7.37. The summed E-state index contributed by atoms with van der Waals surface area (Å²) in [4.78, 5) is 1.51. The van der Waals surface area contributed by atoms with E-state index in [0.717, 1.165) is 17.9 Å². The zero-order chi connectivity index (χ0) is 16.6. The van der Waals surface area contributed by atoms with Crippen LogP contribution in [0.3, 0.4) is 0 Å². The smallest absolute Gasteiger partial charge is 0.122 e. The van der Waals surface area contributed by atoms with Crippen LogP contribution in [0, 0.1) is 11.3 Å². The Kier molecular flexibility index (Phi) is 4.59. The maximum atomic E-state index is 5.75. The van der Waals surface area contributed by atoms with Crippen molar-refractivity contribution >= 4 is 22.1 Å². The van der Waals surface area contributed by atoms with Gasteiger partial charge in [-0.15, -0.1) is 11.3 Å². The fourth-order valence-corrected chi connectivity index (χ4v) is 5.31. The highest BCUT2D eigenvalue weighted by Gasteiger charge is 2.38. The number of hydrogen-bond donors (Lipinski definition) is 1. The molecular formula is C20H29NOS. The van der Waals surface area contributed by atoms with Gasteiger partial charge in [0.2, 0.25) is 0 Å². The third-order valence-electron chi connectivity index (χ3n) is 5.13. The highest BCUT2D eigenvalue weighted by atomic mass is 32.1. The van der Waals surface area contributed by atoms with Crippen molar-refractivity contribution in [1.29, 1.82) is 0 Å². The monoisotopic (exact) mass is 331 g/mol. The van der Waals surface area contributed by atoms with Gasteiger partial charge in [0.1, 0.15) is 10.8 Å². The molecule has 0 radical (unpaired) electrons. The van der Waals surface area contributed by atoms with E-state index in [4.69, 9.17) is 4.74 Å². The molecule has 0 atom stereocenters. The van der Waals surface area contributed by atoms with Crippen molar-refractivity contribution in [2.24, 2.45) is 11.3 Å². The summed E-state index contributed by atoms with van der Waals surface area (Å²) < 4.78 is 5.75. The number of anilines is 1. The average molecular weight is 332 g/mol. The maximum Gasteiger partial charge on any atom is 0.122 e. The Labute approximate surface area is 144 Å². The Bertz CT molecular complexity index is 618. The van der Waals surface area contributed by atoms with Crippen LogP contribution in [0.1, 0.15) is 62.5 Å². The fourth-order valence-electron chi connectivity index (χ4n) is 3.96. The number of nitrogens with one attached hydrogen (secondary N) is 1. The van der Waals surface area contributed by atoms with E-state index in [-0.39, 0.29) is 0 Å². The van der Waals surface area contributed by atoms with E-state index in [1.54, 1.807) is 0 Å². The quantitative estimate of drug-likeness (QED) is 0.646. The summed E-state index contributed by atoms with van der Waals surface area (Å²) in [6, 6.07) is 0. The molecule has 126 valence electrons. The molecule has 3 rings (SSSR count). The van der Waals surface area contributed by atoms with Crippen LogP contribution in [0.2, 0.25) is 0 Å². The Hall–Kier alpha value is -1.22. The predicted octanol–water partition coefficient (Wildman–Crippen LogP) is 6.00. The first kappa shape index (κ1) is 16.6. The van der Waals surface area contributed by atoms with E-state index in [1.165, 1.54) is 53.1 Å². The van der Waals surface area contributed by atoms with Gasteiger partial charge in [-0.2, -0.15) is 0 Å². The van der Waals surface area contributed by atoms with Crippen molar-refractivity contribution in [3.05, 3.63) is 34.9 Å². The minimum atomic E-state index is 0.474. The molecule has 0 aromatic carbocycles. The number of rotatable bonds is 6. The molecular weight excluding hydrogens is 302 g/mol. The molecule has 0 bridgehead atoms. The van der Waals surface area contributed by atoms with Gasteiger partial charge in [0.05, 0.1) is 12.2 Å². The van der Waals surface area contributed by atoms with Crippen molar-refractivity contribution in [3.63, 3.8) is 0 Å². The summed E-state index contributed by atoms with van der Waals surface area (Å²) in [7, 11) is 0. The third-order valence-corrected chi connectivity index (χ3v) is 6.34. The van der Waals surface area contributed by atoms with Gasteiger partial charge in [-0.05, 0) is 62.3 Å². The lowest BCUT2D eigenvalue weighted by Crippen LogP contribution is -2.34. The predicted molar refractivity (Wildman–Crippen MR) is 101 cm³/mol. The molecule has 0 amide bonds. The molecule has 0 aliphatic heterocycles. The molecule has 0 unspecified atom stereocenters. The van der Waals surface area contributed by atoms with Crippen LogP contribution in [-0.2, 0) is 17.6 Å². The minimum absolute atomic E-state index is 0.474. The number of fused-ring (bicyclic) bond motifs is 1. The molecule has 23 heavy (non-hydrogen) atoms. The zero-order valence-electron chi connectivity index (χ0n) is 14.8. The van der Waals surface area contributed by atoms with Crippen molar-refractivity contribution in [2.75, 3.05) is 11.9 Å². The maximum absolute atomic E-state index is 5.75. The molecule has 1 N–H and O–H groups in total. The molecule has 2 aliphatic rings. The van der Waals surface area contributed by atoms with Gasteiger partial charge in [-0.25, -0.2) is 0 Å². The first-order valence-corrected chi connectivity index (χ1v) is 9.65. The molecule has 1 aromatic heterocycles. The molecule has 0 spiro atoms. The van der Waals surface area contributed by atoms with Gasteiger partial charge in [0.25, 0.3) is 0 Å². The topological polar surface area (TPSA) is 21.3 Å². The molecule has 1 aromatic rings. The summed E-state index contributed by atoms with van der Waals surface area (Å²) in [5.74, 6) is 1.41. The first-order valence-electron chi connectivity index (χ1n) is 8.83. The second kappa shape index (κ2) is 6.35. The number of allylic oxidation sites excluding steroid dienone is 1. The molecule has 3 heteroatoms. The van der Waals surface area contributed by atoms with Gasteiger partial charge in [0.15, 0.2) is 0 Å². The van der Waals surface area contributed by atoms with Crippen LogP contribution < -0.4 is 5.32 Å². The second-order valence-corrected chi connectivity index (χ2v) is 8.80. The van der Waals surface area contributed by atoms with Crippen LogP contribution in [0.5, 0.6) is 0 Å². The largest absolute Gasteiger partial charge is 0.494 e. The van der Waals surface area contributed by atoms with E-state index < -0.39 is 0 Å². The number of hydrogen-bond acceptors (Lipinski definition) is 3. The fraction of sp³-hybridized carbons (Fsp3) is 0.600. The van der Waals surface area contributed by atoms with Gasteiger partial charge < -0.3 is 10.1 Å². The van der Waals surface area contributed by atoms with Gasteiger partial charge in [0, 0.05) is 10.6 Å². The second-order valence-electron chi connectivity index (χ2n) is 7.69. The van der Waals surface area contributed by atoms with Gasteiger partial charge in [-0.1, -0.05) is 27.0 Å². The first-order chi connectivity index (χ1) is 10.9. The summed E-state index contributed by atoms with van der Waals surface area (Å²) in [5.41, 5.74) is 4.31. The molecule has 1 heterocycles. The summed E-state index contributed by atoms with van der Waals surface area (Å²) in [6.45, 7) is 15.9. The van der Waals surface area contributed by atoms with E-state index in [9.17, 15) is 0 Å². The minimum Gasteiger partial charge on any atom is -0.494 e. The zero-order valence-corrected chi connectivity index (χ0v) is 15.6. The highest BCUT2D eigenvalue weighted by Crippen LogP contribution is 2.49. The van der Waals surface area contributed by atoms with Gasteiger partial charge >= 0.3 is 0 Å². The van der Waals surface area contributed by atoms with Crippen LogP contribution >= 0.6 is 11.3 Å². The van der Waals surface area contributed by atoms with Crippen molar-refractivity contribution < 1.29 is 4.74 Å². The molecule has 2 aliphatic carbocycles. The van der Waals surface area contributed by atoms with E-state index >= 15 is 0 Å². The Balaban J connectivity index is 1.82. The molecule has 0 saturated heterocycles. The Morgan fingerprint density at radius 1 is 1.26 bits per heavy atom. The summed E-state index contributed by atoms with van der Waals surface area (Å²) in [5, 5.41) is 4.83. The van der Waals surface area contributed by atoms with Gasteiger partial charge in [-0.3, -0.25) is 0 Å². The average Bonchev–Trinajstić information content (AvgIpc) is 2.82. The van der Waals surface area contributed by atoms with Crippen LogP contribution in [0.15, 0.2) is 18.9 Å². The number of thiophene rings is 1. The Morgan fingerprint density at radius 3 is 2.61 bits per heavy atom. The lowest BCUT2D eigenvalue weighted by molar-refractivity contribution is 0.124. The van der Waals surface area contributed by atoms with E-state index in [1.807, 2.05) is 18.3 Å². The molecule has 1 saturated carbocycles. The standard InChI is InChI=1S/C20H29NOS/c1-6-22-14(3)18-16-9-7-8-10-17(16)23-19(18)21-13(2)15-11-20(4,5)12-15/h15,21H,2-3,6-12H2,1,4-5H3. The molecule has 1 fully saturated rings. The van der Waals surface area contributed by atoms with Crippen LogP contribution in [0.4, 0.5) is 5.00 Å². The van der Waals surface area contributed by atoms with Crippen LogP contribution in [-0.4, -0.2) is 6.61 Å². The van der Waals surface area contributed by atoms with Crippen LogP contribution in [0.25, 0.3) is 5.76 Å². The lowest BCUT2D eigenvalue weighted by Gasteiger charge is -2.43. The lowest BCUT2D eigenvalue weighted by atomic mass is 9.63. The number of ether oxygens (including phenoxy) is 1. The van der Waals surface area contributed by atoms with E-state index in [2.05, 4.69) is 32.3 Å².